The maximum Gasteiger partial charge on any atom is 0.169 e. The topological polar surface area (TPSA) is 17.1 Å². The molecule has 3 heteroatoms. The van der Waals surface area contributed by atoms with Crippen LogP contribution in [0, 0.1) is 28.5 Å². The monoisotopic (exact) mass is 350 g/mol. The fourth-order valence-corrected chi connectivity index (χ4v) is 6.31. The smallest absolute Gasteiger partial charge is 0.169 e. The fourth-order valence-electron chi connectivity index (χ4n) is 5.93. The van der Waals surface area contributed by atoms with E-state index < -0.39 is 0 Å². The highest BCUT2D eigenvalue weighted by atomic mass is 79.9. The van der Waals surface area contributed by atoms with Crippen molar-refractivity contribution in [2.75, 3.05) is 0 Å². The zero-order valence-corrected chi connectivity index (χ0v) is 13.9. The van der Waals surface area contributed by atoms with Crippen LogP contribution < -0.4 is 0 Å². The van der Waals surface area contributed by atoms with Gasteiger partial charge >= 0.3 is 0 Å². The third-order valence-corrected chi connectivity index (χ3v) is 6.62. The van der Waals surface area contributed by atoms with E-state index in [4.69, 9.17) is 0 Å². The first-order chi connectivity index (χ1) is 9.89. The minimum Gasteiger partial charge on any atom is -0.294 e. The summed E-state index contributed by atoms with van der Waals surface area (Å²) in [6.45, 7) is 2.37. The van der Waals surface area contributed by atoms with Crippen molar-refractivity contribution in [3.63, 3.8) is 0 Å². The lowest BCUT2D eigenvalue weighted by Gasteiger charge is -2.60. The molecule has 1 aromatic rings. The van der Waals surface area contributed by atoms with Gasteiger partial charge in [-0.2, -0.15) is 0 Å². The van der Waals surface area contributed by atoms with Crippen LogP contribution in [-0.2, 0) is 0 Å². The van der Waals surface area contributed by atoms with Crippen molar-refractivity contribution in [1.82, 2.24) is 0 Å². The standard InChI is InChI=1S/C18H20BrFO/c1-17-6-11-4-12(7-17)9-18(8-11,10-17)16(21)13-2-3-15(20)14(19)5-13/h2-3,5,11-12H,4,6-10H2,1H3. The molecule has 0 spiro atoms. The van der Waals surface area contributed by atoms with Crippen molar-refractivity contribution in [1.29, 1.82) is 0 Å². The van der Waals surface area contributed by atoms with Gasteiger partial charge in [-0.05, 0) is 89.9 Å². The molecule has 0 radical (unpaired) electrons. The van der Waals surface area contributed by atoms with Gasteiger partial charge in [0.25, 0.3) is 0 Å². The summed E-state index contributed by atoms with van der Waals surface area (Å²) < 4.78 is 13.8. The Morgan fingerprint density at radius 1 is 1.24 bits per heavy atom. The van der Waals surface area contributed by atoms with E-state index in [2.05, 4.69) is 22.9 Å². The molecule has 2 atom stereocenters. The summed E-state index contributed by atoms with van der Waals surface area (Å²) in [5, 5.41) is 0. The SMILES string of the molecule is CC12CC3CC(C1)CC(C(=O)c1ccc(F)c(Br)c1)(C3)C2. The highest BCUT2D eigenvalue weighted by molar-refractivity contribution is 9.10. The predicted molar refractivity (Wildman–Crippen MR) is 83.7 cm³/mol. The summed E-state index contributed by atoms with van der Waals surface area (Å²) in [5.74, 6) is 1.40. The largest absolute Gasteiger partial charge is 0.294 e. The van der Waals surface area contributed by atoms with Gasteiger partial charge in [0, 0.05) is 11.0 Å². The van der Waals surface area contributed by atoms with Gasteiger partial charge in [-0.1, -0.05) is 6.92 Å². The Bertz CT molecular complexity index is 610. The molecule has 4 bridgehead atoms. The third kappa shape index (κ3) is 2.11. The summed E-state index contributed by atoms with van der Waals surface area (Å²) in [6, 6.07) is 4.72. The number of rotatable bonds is 2. The highest BCUT2D eigenvalue weighted by Gasteiger charge is 2.58. The lowest BCUT2D eigenvalue weighted by Crippen LogP contribution is -2.54. The van der Waals surface area contributed by atoms with E-state index >= 15 is 0 Å². The van der Waals surface area contributed by atoms with E-state index in [1.54, 1.807) is 12.1 Å². The Labute approximate surface area is 133 Å². The van der Waals surface area contributed by atoms with Crippen LogP contribution in [-0.4, -0.2) is 5.78 Å². The van der Waals surface area contributed by atoms with Crippen molar-refractivity contribution in [2.24, 2.45) is 22.7 Å². The molecular weight excluding hydrogens is 331 g/mol. The van der Waals surface area contributed by atoms with Crippen LogP contribution in [0.25, 0.3) is 0 Å². The van der Waals surface area contributed by atoms with Gasteiger partial charge in [0.1, 0.15) is 5.82 Å². The molecule has 112 valence electrons. The average Bonchev–Trinajstić information content (AvgIpc) is 2.38. The molecule has 4 saturated carbocycles. The quantitative estimate of drug-likeness (QED) is 0.654. The first-order valence-electron chi connectivity index (χ1n) is 7.89. The zero-order chi connectivity index (χ0) is 14.8. The summed E-state index contributed by atoms with van der Waals surface area (Å²) >= 11 is 3.21. The van der Waals surface area contributed by atoms with Gasteiger partial charge in [0.05, 0.1) is 4.47 Å². The molecule has 21 heavy (non-hydrogen) atoms. The molecule has 0 amide bonds. The van der Waals surface area contributed by atoms with Crippen LogP contribution in [0.3, 0.4) is 0 Å². The second-order valence-corrected chi connectivity index (χ2v) is 8.86. The molecule has 5 rings (SSSR count). The maximum absolute atomic E-state index is 13.4. The number of benzene rings is 1. The minimum absolute atomic E-state index is 0.171. The molecule has 4 aliphatic rings. The molecule has 0 N–H and O–H groups in total. The Morgan fingerprint density at radius 2 is 1.90 bits per heavy atom. The summed E-state index contributed by atoms with van der Waals surface area (Å²) in [5.41, 5.74) is 0.862. The van der Waals surface area contributed by atoms with Crippen molar-refractivity contribution in [3.05, 3.63) is 34.1 Å². The van der Waals surface area contributed by atoms with Gasteiger partial charge < -0.3 is 0 Å². The molecule has 4 fully saturated rings. The molecule has 0 aliphatic heterocycles. The van der Waals surface area contributed by atoms with Crippen LogP contribution >= 0.6 is 15.9 Å². The fraction of sp³-hybridized carbons (Fsp3) is 0.611. The van der Waals surface area contributed by atoms with E-state index in [0.717, 1.165) is 31.1 Å². The van der Waals surface area contributed by atoms with Crippen molar-refractivity contribution in [3.8, 4) is 0 Å². The number of carbonyl (C=O) groups excluding carboxylic acids is 1. The van der Waals surface area contributed by atoms with Gasteiger partial charge in [-0.15, -0.1) is 0 Å². The molecular formula is C18H20BrFO. The number of hydrogen-bond acceptors (Lipinski definition) is 1. The van der Waals surface area contributed by atoms with Gasteiger partial charge in [0.2, 0.25) is 0 Å². The van der Waals surface area contributed by atoms with Crippen LogP contribution in [0.1, 0.15) is 55.8 Å². The maximum atomic E-state index is 13.4. The number of halogens is 2. The number of carbonyl (C=O) groups is 1. The zero-order valence-electron chi connectivity index (χ0n) is 12.3. The van der Waals surface area contributed by atoms with E-state index in [-0.39, 0.29) is 17.0 Å². The molecule has 0 aromatic heterocycles. The summed E-state index contributed by atoms with van der Waals surface area (Å²) in [4.78, 5) is 13.2. The first-order valence-corrected chi connectivity index (χ1v) is 8.68. The van der Waals surface area contributed by atoms with E-state index in [1.807, 2.05) is 0 Å². The van der Waals surface area contributed by atoms with Crippen LogP contribution in [0.5, 0.6) is 0 Å². The van der Waals surface area contributed by atoms with Crippen molar-refractivity contribution < 1.29 is 9.18 Å². The van der Waals surface area contributed by atoms with Gasteiger partial charge in [-0.25, -0.2) is 4.39 Å². The average molecular weight is 351 g/mol. The molecule has 1 aromatic carbocycles. The van der Waals surface area contributed by atoms with Crippen molar-refractivity contribution >= 4 is 21.7 Å². The van der Waals surface area contributed by atoms with E-state index in [9.17, 15) is 9.18 Å². The first kappa shape index (κ1) is 13.9. The molecule has 4 aliphatic carbocycles. The van der Waals surface area contributed by atoms with Crippen LogP contribution in [0.15, 0.2) is 22.7 Å². The third-order valence-electron chi connectivity index (χ3n) is 6.02. The molecule has 0 heterocycles. The summed E-state index contributed by atoms with van der Waals surface area (Å²) in [7, 11) is 0. The second kappa shape index (κ2) is 4.41. The van der Waals surface area contributed by atoms with Gasteiger partial charge in [-0.3, -0.25) is 4.79 Å². The Hall–Kier alpha value is -0.700. The number of ketones is 1. The Kier molecular flexibility index (Phi) is 2.92. The number of hydrogen-bond donors (Lipinski definition) is 0. The molecule has 0 saturated heterocycles. The van der Waals surface area contributed by atoms with Crippen LogP contribution in [0.4, 0.5) is 4.39 Å². The molecule has 1 nitrogen and oxygen atoms in total. The van der Waals surface area contributed by atoms with Gasteiger partial charge in [0.15, 0.2) is 5.78 Å². The Morgan fingerprint density at radius 3 is 2.48 bits per heavy atom. The van der Waals surface area contributed by atoms with Crippen molar-refractivity contribution in [2.45, 2.75) is 45.4 Å². The second-order valence-electron chi connectivity index (χ2n) is 8.01. The number of Topliss-reactive ketones (excluding diaryl/α,β-unsaturated/α-hetero) is 1. The minimum atomic E-state index is -0.302. The van der Waals surface area contributed by atoms with Crippen LogP contribution in [0.2, 0.25) is 0 Å². The predicted octanol–water partition coefficient (Wildman–Crippen LogP) is 5.38. The van der Waals surface area contributed by atoms with E-state index in [0.29, 0.717) is 15.5 Å². The molecule has 2 unspecified atom stereocenters. The lowest BCUT2D eigenvalue weighted by atomic mass is 9.43. The lowest BCUT2D eigenvalue weighted by molar-refractivity contribution is -0.0820. The summed E-state index contributed by atoms with van der Waals surface area (Å²) in [6.07, 6.45) is 7.04. The normalized spacial score (nSPS) is 40.5. The highest BCUT2D eigenvalue weighted by Crippen LogP contribution is 2.65. The van der Waals surface area contributed by atoms with E-state index in [1.165, 1.54) is 25.3 Å². The Balaban J connectivity index is 1.72.